The van der Waals surface area contributed by atoms with Gasteiger partial charge in [0, 0.05) is 6.54 Å². The zero-order valence-electron chi connectivity index (χ0n) is 8.77. The standard InChI is InChI=1S/C9H13N5O/c1-3-6-5-7(14(4-2)13-6)8-11-12-9(10)15-8/h5H,3-4H2,1-2H3,(H2,10,12). The van der Waals surface area contributed by atoms with Crippen molar-refractivity contribution in [2.45, 2.75) is 26.8 Å². The lowest BCUT2D eigenvalue weighted by Crippen LogP contribution is -1.99. The largest absolute Gasteiger partial charge is 0.402 e. The van der Waals surface area contributed by atoms with Crippen LogP contribution in [0.4, 0.5) is 6.01 Å². The molecule has 15 heavy (non-hydrogen) atoms. The van der Waals surface area contributed by atoms with Crippen molar-refractivity contribution in [3.05, 3.63) is 11.8 Å². The number of hydrogen-bond acceptors (Lipinski definition) is 5. The highest BCUT2D eigenvalue weighted by molar-refractivity contribution is 5.48. The van der Waals surface area contributed by atoms with Crippen molar-refractivity contribution < 1.29 is 4.42 Å². The molecule has 0 aliphatic rings. The highest BCUT2D eigenvalue weighted by atomic mass is 16.4. The molecule has 0 amide bonds. The van der Waals surface area contributed by atoms with Gasteiger partial charge in [0.2, 0.25) is 0 Å². The first-order valence-corrected chi connectivity index (χ1v) is 4.90. The lowest BCUT2D eigenvalue weighted by atomic mass is 10.3. The molecule has 2 aromatic heterocycles. The van der Waals surface area contributed by atoms with Gasteiger partial charge in [0.1, 0.15) is 5.69 Å². The summed E-state index contributed by atoms with van der Waals surface area (Å²) in [5.41, 5.74) is 7.20. The fourth-order valence-electron chi connectivity index (χ4n) is 1.39. The summed E-state index contributed by atoms with van der Waals surface area (Å²) in [6.07, 6.45) is 0.879. The molecular weight excluding hydrogens is 194 g/mol. The number of hydrogen-bond donors (Lipinski definition) is 1. The Balaban J connectivity index is 2.46. The Kier molecular flexibility index (Phi) is 2.40. The minimum atomic E-state index is 0.0758. The summed E-state index contributed by atoms with van der Waals surface area (Å²) in [6.45, 7) is 4.82. The lowest BCUT2D eigenvalue weighted by molar-refractivity contribution is 0.570. The summed E-state index contributed by atoms with van der Waals surface area (Å²) in [7, 11) is 0. The van der Waals surface area contributed by atoms with Crippen LogP contribution in [0.3, 0.4) is 0 Å². The summed E-state index contributed by atoms with van der Waals surface area (Å²) in [6, 6.07) is 2.02. The molecule has 2 aromatic rings. The molecule has 6 heteroatoms. The second-order valence-corrected chi connectivity index (χ2v) is 3.14. The number of nitrogen functional groups attached to an aromatic ring is 1. The number of nitrogens with two attached hydrogens (primary N) is 1. The van der Waals surface area contributed by atoms with E-state index in [4.69, 9.17) is 10.2 Å². The summed E-state index contributed by atoms with van der Waals surface area (Å²) in [5.74, 6) is 0.418. The molecule has 0 aromatic carbocycles. The first-order valence-electron chi connectivity index (χ1n) is 4.90. The number of aromatic nitrogens is 4. The van der Waals surface area contributed by atoms with Gasteiger partial charge in [-0.2, -0.15) is 5.10 Å². The van der Waals surface area contributed by atoms with Gasteiger partial charge < -0.3 is 10.2 Å². The number of nitrogens with zero attached hydrogens (tertiary/aromatic N) is 4. The maximum absolute atomic E-state index is 5.38. The first-order chi connectivity index (χ1) is 7.24. The molecule has 0 unspecified atom stereocenters. The van der Waals surface area contributed by atoms with E-state index in [9.17, 15) is 0 Å². The molecule has 0 fully saturated rings. The highest BCUT2D eigenvalue weighted by Crippen LogP contribution is 2.20. The fourth-order valence-corrected chi connectivity index (χ4v) is 1.39. The van der Waals surface area contributed by atoms with Crippen LogP contribution in [0.1, 0.15) is 19.5 Å². The van der Waals surface area contributed by atoms with Crippen molar-refractivity contribution in [2.24, 2.45) is 0 Å². The van der Waals surface area contributed by atoms with Crippen LogP contribution >= 0.6 is 0 Å². The average Bonchev–Trinajstić information content (AvgIpc) is 2.82. The quantitative estimate of drug-likeness (QED) is 0.814. The molecule has 0 bridgehead atoms. The van der Waals surface area contributed by atoms with Gasteiger partial charge in [-0.05, 0) is 19.4 Å². The van der Waals surface area contributed by atoms with Gasteiger partial charge in [-0.25, -0.2) is 0 Å². The van der Waals surface area contributed by atoms with E-state index in [0.29, 0.717) is 5.89 Å². The predicted molar refractivity (Wildman–Crippen MR) is 55.0 cm³/mol. The van der Waals surface area contributed by atoms with Gasteiger partial charge in [0.05, 0.1) is 5.69 Å². The minimum absolute atomic E-state index is 0.0758. The number of aryl methyl sites for hydroxylation is 2. The summed E-state index contributed by atoms with van der Waals surface area (Å²) in [5, 5.41) is 11.8. The molecule has 0 saturated carbocycles. The van der Waals surface area contributed by atoms with Crippen molar-refractivity contribution >= 4 is 6.01 Å². The molecule has 2 N–H and O–H groups in total. The average molecular weight is 207 g/mol. The van der Waals surface area contributed by atoms with Crippen LogP contribution in [-0.2, 0) is 13.0 Å². The second-order valence-electron chi connectivity index (χ2n) is 3.14. The minimum Gasteiger partial charge on any atom is -0.402 e. The first kappa shape index (κ1) is 9.70. The molecule has 0 radical (unpaired) electrons. The Hall–Kier alpha value is -1.85. The van der Waals surface area contributed by atoms with Crippen LogP contribution in [0.15, 0.2) is 10.5 Å². The fraction of sp³-hybridized carbons (Fsp3) is 0.444. The van der Waals surface area contributed by atoms with Gasteiger partial charge >= 0.3 is 6.01 Å². The molecular formula is C9H13N5O. The van der Waals surface area contributed by atoms with Crippen molar-refractivity contribution in [2.75, 3.05) is 5.73 Å². The highest BCUT2D eigenvalue weighted by Gasteiger charge is 2.13. The zero-order chi connectivity index (χ0) is 10.8. The summed E-state index contributed by atoms with van der Waals surface area (Å²) in [4.78, 5) is 0. The molecule has 0 atom stereocenters. The Labute approximate surface area is 87.1 Å². The van der Waals surface area contributed by atoms with Crippen molar-refractivity contribution in [1.82, 2.24) is 20.0 Å². The van der Waals surface area contributed by atoms with Crippen LogP contribution in [0.5, 0.6) is 0 Å². The van der Waals surface area contributed by atoms with E-state index < -0.39 is 0 Å². The Morgan fingerprint density at radius 2 is 2.20 bits per heavy atom. The summed E-state index contributed by atoms with van der Waals surface area (Å²) < 4.78 is 6.99. The van der Waals surface area contributed by atoms with E-state index in [1.807, 2.05) is 24.6 Å². The normalized spacial score (nSPS) is 10.8. The van der Waals surface area contributed by atoms with Crippen molar-refractivity contribution in [1.29, 1.82) is 0 Å². The van der Waals surface area contributed by atoms with Crippen LogP contribution in [0.25, 0.3) is 11.6 Å². The Morgan fingerprint density at radius 1 is 1.40 bits per heavy atom. The van der Waals surface area contributed by atoms with E-state index in [1.165, 1.54) is 0 Å². The van der Waals surface area contributed by atoms with Crippen LogP contribution in [-0.4, -0.2) is 20.0 Å². The predicted octanol–water partition coefficient (Wildman–Crippen LogP) is 1.10. The van der Waals surface area contributed by atoms with Crippen LogP contribution in [0, 0.1) is 0 Å². The van der Waals surface area contributed by atoms with E-state index in [0.717, 1.165) is 24.4 Å². The lowest BCUT2D eigenvalue weighted by Gasteiger charge is -1.98. The maximum atomic E-state index is 5.38. The molecule has 2 heterocycles. The van der Waals surface area contributed by atoms with Crippen molar-refractivity contribution in [3.63, 3.8) is 0 Å². The molecule has 0 spiro atoms. The summed E-state index contributed by atoms with van der Waals surface area (Å²) >= 11 is 0. The second kappa shape index (κ2) is 3.72. The van der Waals surface area contributed by atoms with Gasteiger partial charge in [-0.1, -0.05) is 12.0 Å². The third-order valence-corrected chi connectivity index (χ3v) is 2.15. The molecule has 0 aliphatic carbocycles. The van der Waals surface area contributed by atoms with E-state index in [-0.39, 0.29) is 6.01 Å². The van der Waals surface area contributed by atoms with E-state index >= 15 is 0 Å². The molecule has 0 aliphatic heterocycles. The zero-order valence-corrected chi connectivity index (χ0v) is 8.77. The van der Waals surface area contributed by atoms with Gasteiger partial charge in [-0.15, -0.1) is 5.10 Å². The third-order valence-electron chi connectivity index (χ3n) is 2.15. The number of rotatable bonds is 3. The van der Waals surface area contributed by atoms with Gasteiger partial charge in [-0.3, -0.25) is 4.68 Å². The van der Waals surface area contributed by atoms with Gasteiger partial charge in [0.15, 0.2) is 0 Å². The molecule has 2 rings (SSSR count). The molecule has 0 saturated heterocycles. The number of anilines is 1. The molecule has 80 valence electrons. The van der Waals surface area contributed by atoms with Crippen molar-refractivity contribution in [3.8, 4) is 11.6 Å². The monoisotopic (exact) mass is 207 g/mol. The Morgan fingerprint density at radius 3 is 2.73 bits per heavy atom. The van der Waals surface area contributed by atoms with Crippen LogP contribution < -0.4 is 5.73 Å². The SMILES string of the molecule is CCc1cc(-c2nnc(N)o2)n(CC)n1. The third kappa shape index (κ3) is 1.70. The van der Waals surface area contributed by atoms with E-state index in [2.05, 4.69) is 15.3 Å². The smallest absolute Gasteiger partial charge is 0.313 e. The van der Waals surface area contributed by atoms with E-state index in [1.54, 1.807) is 0 Å². The topological polar surface area (TPSA) is 82.8 Å². The maximum Gasteiger partial charge on any atom is 0.313 e. The Bertz CT molecular complexity index is 459. The molecule has 6 nitrogen and oxygen atoms in total. The van der Waals surface area contributed by atoms with Gasteiger partial charge in [0.25, 0.3) is 5.89 Å². The van der Waals surface area contributed by atoms with Crippen LogP contribution in [0.2, 0.25) is 0 Å².